The van der Waals surface area contributed by atoms with Gasteiger partial charge in [0.05, 0.1) is 0 Å². The molecule has 0 bridgehead atoms. The zero-order valence-electron chi connectivity index (χ0n) is 12.2. The second kappa shape index (κ2) is 6.19. The molecule has 2 aromatic rings. The Morgan fingerprint density at radius 1 is 1.00 bits per heavy atom. The smallest absolute Gasteiger partial charge is 0.161 e. The van der Waals surface area contributed by atoms with E-state index in [-0.39, 0.29) is 0 Å². The lowest BCUT2D eigenvalue weighted by Gasteiger charge is -2.20. The summed E-state index contributed by atoms with van der Waals surface area (Å²) < 4.78 is 11.1. The topological polar surface area (TPSA) is 38.7 Å². The van der Waals surface area contributed by atoms with Gasteiger partial charge < -0.3 is 14.6 Å². The molecule has 0 amide bonds. The summed E-state index contributed by atoms with van der Waals surface area (Å²) in [7, 11) is 0. The summed E-state index contributed by atoms with van der Waals surface area (Å²) in [6, 6.07) is 13.8. The zero-order valence-corrected chi connectivity index (χ0v) is 12.2. The van der Waals surface area contributed by atoms with Crippen molar-refractivity contribution in [2.75, 3.05) is 13.2 Å². The minimum atomic E-state index is -0.641. The lowest BCUT2D eigenvalue weighted by Crippen LogP contribution is -2.15. The van der Waals surface area contributed by atoms with Gasteiger partial charge in [0.15, 0.2) is 11.5 Å². The molecule has 0 aliphatic carbocycles. The van der Waals surface area contributed by atoms with Crippen LogP contribution in [0.15, 0.2) is 42.5 Å². The molecular formula is C18H20O3. The Bertz CT molecular complexity index is 622. The summed E-state index contributed by atoms with van der Waals surface area (Å²) in [4.78, 5) is 0. The molecule has 1 unspecified atom stereocenters. The number of fused-ring (bicyclic) bond motifs is 1. The van der Waals surface area contributed by atoms with Gasteiger partial charge in [-0.2, -0.15) is 0 Å². The highest BCUT2D eigenvalue weighted by molar-refractivity contribution is 5.46. The molecule has 1 N–H and O–H groups in total. The molecule has 0 aromatic heterocycles. The van der Waals surface area contributed by atoms with Gasteiger partial charge in [-0.3, -0.25) is 0 Å². The Balaban J connectivity index is 1.87. The van der Waals surface area contributed by atoms with E-state index in [1.807, 2.05) is 30.3 Å². The van der Waals surface area contributed by atoms with E-state index in [1.165, 1.54) is 5.56 Å². The number of hydrogen-bond acceptors (Lipinski definition) is 3. The zero-order chi connectivity index (χ0) is 14.7. The van der Waals surface area contributed by atoms with Crippen molar-refractivity contribution in [2.45, 2.75) is 25.9 Å². The molecule has 1 aliphatic heterocycles. The third-order valence-electron chi connectivity index (χ3n) is 3.69. The van der Waals surface area contributed by atoms with Crippen molar-refractivity contribution in [1.29, 1.82) is 0 Å². The minimum absolute atomic E-state index is 0.554. The highest BCUT2D eigenvalue weighted by Crippen LogP contribution is 2.34. The van der Waals surface area contributed by atoms with Crippen molar-refractivity contribution >= 4 is 0 Å². The van der Waals surface area contributed by atoms with Crippen LogP contribution in [-0.4, -0.2) is 18.3 Å². The first-order valence-corrected chi connectivity index (χ1v) is 7.44. The third-order valence-corrected chi connectivity index (χ3v) is 3.69. The van der Waals surface area contributed by atoms with Crippen molar-refractivity contribution in [3.63, 3.8) is 0 Å². The first-order valence-electron chi connectivity index (χ1n) is 7.44. The Hall–Kier alpha value is -2.00. The molecule has 1 aliphatic rings. The predicted octanol–water partition coefficient (Wildman–Crippen LogP) is 3.49. The molecule has 3 heteroatoms. The van der Waals surface area contributed by atoms with Gasteiger partial charge in [0.25, 0.3) is 0 Å². The predicted molar refractivity (Wildman–Crippen MR) is 81.9 cm³/mol. The maximum atomic E-state index is 10.6. The van der Waals surface area contributed by atoms with Gasteiger partial charge in [-0.15, -0.1) is 0 Å². The molecular weight excluding hydrogens is 264 g/mol. The second-order valence-electron chi connectivity index (χ2n) is 5.30. The lowest BCUT2D eigenvalue weighted by molar-refractivity contribution is 0.169. The molecule has 0 fully saturated rings. The van der Waals surface area contributed by atoms with E-state index in [2.05, 4.69) is 19.1 Å². The van der Waals surface area contributed by atoms with Crippen LogP contribution in [0.25, 0.3) is 0 Å². The van der Waals surface area contributed by atoms with E-state index in [4.69, 9.17) is 9.47 Å². The Morgan fingerprint density at radius 2 is 1.76 bits per heavy atom. The molecule has 2 aromatic carbocycles. The van der Waals surface area contributed by atoms with E-state index < -0.39 is 6.10 Å². The minimum Gasteiger partial charge on any atom is -0.486 e. The van der Waals surface area contributed by atoms with Gasteiger partial charge in [0.1, 0.15) is 19.3 Å². The highest BCUT2D eigenvalue weighted by Gasteiger charge is 2.16. The first-order chi connectivity index (χ1) is 10.3. The van der Waals surface area contributed by atoms with E-state index in [0.717, 1.165) is 29.7 Å². The Labute approximate surface area is 125 Å². The largest absolute Gasteiger partial charge is 0.486 e. The van der Waals surface area contributed by atoms with E-state index in [9.17, 15) is 5.11 Å². The van der Waals surface area contributed by atoms with Crippen molar-refractivity contribution in [2.24, 2.45) is 0 Å². The van der Waals surface area contributed by atoms with Gasteiger partial charge in [0, 0.05) is 0 Å². The summed E-state index contributed by atoms with van der Waals surface area (Å²) in [6.45, 7) is 3.29. The number of benzene rings is 2. The van der Waals surface area contributed by atoms with Gasteiger partial charge in [-0.25, -0.2) is 0 Å². The Kier molecular flexibility index (Phi) is 4.11. The molecule has 3 nitrogen and oxygen atoms in total. The summed E-state index contributed by atoms with van der Waals surface area (Å²) in [6.07, 6.45) is 1.49. The van der Waals surface area contributed by atoms with E-state index in [0.29, 0.717) is 19.0 Å². The maximum absolute atomic E-state index is 10.6. The van der Waals surface area contributed by atoms with Gasteiger partial charge in [-0.05, 0) is 35.2 Å². The summed E-state index contributed by atoms with van der Waals surface area (Å²) in [5.74, 6) is 1.46. The summed E-state index contributed by atoms with van der Waals surface area (Å²) >= 11 is 0. The molecule has 0 saturated heterocycles. The SMILES string of the molecule is CCCc1cccc(C(O)c2ccc3c(c2)OCCO3)c1. The monoisotopic (exact) mass is 284 g/mol. The number of aliphatic hydroxyl groups excluding tert-OH is 1. The van der Waals surface area contributed by atoms with Crippen LogP contribution in [-0.2, 0) is 6.42 Å². The molecule has 1 atom stereocenters. The van der Waals surface area contributed by atoms with Crippen LogP contribution in [0, 0.1) is 0 Å². The fraction of sp³-hybridized carbons (Fsp3) is 0.333. The number of aliphatic hydroxyl groups is 1. The van der Waals surface area contributed by atoms with Crippen LogP contribution in [0.5, 0.6) is 11.5 Å². The molecule has 21 heavy (non-hydrogen) atoms. The van der Waals surface area contributed by atoms with Crippen LogP contribution in [0.2, 0.25) is 0 Å². The average Bonchev–Trinajstić information content (AvgIpc) is 2.54. The van der Waals surface area contributed by atoms with Gasteiger partial charge in [0.2, 0.25) is 0 Å². The molecule has 110 valence electrons. The summed E-state index contributed by atoms with van der Waals surface area (Å²) in [5.41, 5.74) is 3.00. The summed E-state index contributed by atoms with van der Waals surface area (Å²) in [5, 5.41) is 10.6. The standard InChI is InChI=1S/C18H20O3/c1-2-4-13-5-3-6-14(11-13)18(19)15-7-8-16-17(12-15)21-10-9-20-16/h3,5-8,11-12,18-19H,2,4,9-10H2,1H3. The average molecular weight is 284 g/mol. The molecule has 3 rings (SSSR count). The maximum Gasteiger partial charge on any atom is 0.161 e. The number of ether oxygens (including phenoxy) is 2. The molecule has 1 heterocycles. The normalized spacial score (nSPS) is 14.8. The van der Waals surface area contributed by atoms with Crippen LogP contribution >= 0.6 is 0 Å². The molecule has 0 radical (unpaired) electrons. The van der Waals surface area contributed by atoms with Gasteiger partial charge >= 0.3 is 0 Å². The first kappa shape index (κ1) is 14.0. The highest BCUT2D eigenvalue weighted by atomic mass is 16.6. The van der Waals surface area contributed by atoms with Crippen LogP contribution in [0.4, 0.5) is 0 Å². The number of aryl methyl sites for hydroxylation is 1. The number of rotatable bonds is 4. The molecule has 0 spiro atoms. The van der Waals surface area contributed by atoms with Crippen molar-refractivity contribution in [3.8, 4) is 11.5 Å². The fourth-order valence-corrected chi connectivity index (χ4v) is 2.63. The van der Waals surface area contributed by atoms with Crippen LogP contribution in [0.1, 0.15) is 36.1 Å². The fourth-order valence-electron chi connectivity index (χ4n) is 2.63. The van der Waals surface area contributed by atoms with Crippen molar-refractivity contribution < 1.29 is 14.6 Å². The van der Waals surface area contributed by atoms with Crippen LogP contribution in [0.3, 0.4) is 0 Å². The van der Waals surface area contributed by atoms with E-state index in [1.54, 1.807) is 0 Å². The third kappa shape index (κ3) is 3.03. The lowest BCUT2D eigenvalue weighted by atomic mass is 9.98. The Morgan fingerprint density at radius 3 is 2.57 bits per heavy atom. The van der Waals surface area contributed by atoms with E-state index >= 15 is 0 Å². The van der Waals surface area contributed by atoms with Crippen LogP contribution < -0.4 is 9.47 Å². The number of hydrogen-bond donors (Lipinski definition) is 1. The quantitative estimate of drug-likeness (QED) is 0.934. The van der Waals surface area contributed by atoms with Gasteiger partial charge in [-0.1, -0.05) is 43.7 Å². The molecule has 0 saturated carbocycles. The second-order valence-corrected chi connectivity index (χ2v) is 5.30. The van der Waals surface area contributed by atoms with Crippen molar-refractivity contribution in [1.82, 2.24) is 0 Å². The van der Waals surface area contributed by atoms with Crippen molar-refractivity contribution in [3.05, 3.63) is 59.2 Å².